The van der Waals surface area contributed by atoms with Crippen molar-refractivity contribution < 1.29 is 23.1 Å². The van der Waals surface area contributed by atoms with E-state index in [0.717, 1.165) is 17.2 Å². The molecule has 0 radical (unpaired) electrons. The van der Waals surface area contributed by atoms with Gasteiger partial charge in [0.25, 0.3) is 0 Å². The smallest absolute Gasteiger partial charge is 0.320 e. The lowest BCUT2D eigenvalue weighted by atomic mass is 10.1. The Morgan fingerprint density at radius 2 is 1.80 bits per heavy atom. The van der Waals surface area contributed by atoms with Gasteiger partial charge in [0.2, 0.25) is 0 Å². The number of thioether (sulfide) groups is 1. The first-order chi connectivity index (χ1) is 11.5. The Labute approximate surface area is 166 Å². The molecule has 10 heteroatoms. The van der Waals surface area contributed by atoms with Gasteiger partial charge in [-0.1, -0.05) is 57.3 Å². The summed E-state index contributed by atoms with van der Waals surface area (Å²) < 4.78 is 38.5. The maximum atomic E-state index is 13.8. The van der Waals surface area contributed by atoms with Crippen molar-refractivity contribution in [2.24, 2.45) is 0 Å². The van der Waals surface area contributed by atoms with Crippen LogP contribution in [0.15, 0.2) is 40.9 Å². The molecule has 0 amide bonds. The Morgan fingerprint density at radius 1 is 1.12 bits per heavy atom. The van der Waals surface area contributed by atoms with Gasteiger partial charge in [0.1, 0.15) is 0 Å². The van der Waals surface area contributed by atoms with E-state index in [9.17, 15) is 13.3 Å². The van der Waals surface area contributed by atoms with Crippen molar-refractivity contribution in [2.45, 2.75) is 17.2 Å². The van der Waals surface area contributed by atoms with Crippen molar-refractivity contribution in [2.75, 3.05) is 0 Å². The Morgan fingerprint density at radius 3 is 2.36 bits per heavy atom. The largest absolute Gasteiger partial charge is 0.399 e. The minimum atomic E-state index is -5.60. The van der Waals surface area contributed by atoms with Crippen LogP contribution in [0.1, 0.15) is 16.7 Å². The molecule has 0 atom stereocenters. The topological polar surface area (TPSA) is 57.5 Å². The molecule has 2 aromatic rings. The van der Waals surface area contributed by atoms with Crippen LogP contribution in [0, 0.1) is 0 Å². The van der Waals surface area contributed by atoms with Crippen LogP contribution in [0.3, 0.4) is 0 Å². The van der Waals surface area contributed by atoms with Crippen LogP contribution in [0.5, 0.6) is 0 Å². The van der Waals surface area contributed by atoms with Gasteiger partial charge in [0.15, 0.2) is 0 Å². The van der Waals surface area contributed by atoms with Crippen molar-refractivity contribution in [1.29, 1.82) is 0 Å². The van der Waals surface area contributed by atoms with E-state index in [2.05, 4.69) is 15.9 Å². The lowest BCUT2D eigenvalue weighted by molar-refractivity contribution is 0.0557. The SMILES string of the molecule is O=P(O)(O)C(F)(F)c1ccc(CSCc2ccc(Cl)cc2Cl)cc1Br. The van der Waals surface area contributed by atoms with Crippen LogP contribution in [-0.4, -0.2) is 9.79 Å². The quantitative estimate of drug-likeness (QED) is 0.458. The van der Waals surface area contributed by atoms with Gasteiger partial charge in [-0.25, -0.2) is 0 Å². The van der Waals surface area contributed by atoms with Gasteiger partial charge in [-0.15, -0.1) is 0 Å². The third-order valence-corrected chi connectivity index (χ3v) is 6.53. The Balaban J connectivity index is 2.07. The number of alkyl halides is 2. The van der Waals surface area contributed by atoms with Gasteiger partial charge in [0.05, 0.1) is 0 Å². The van der Waals surface area contributed by atoms with E-state index in [-0.39, 0.29) is 4.47 Å². The summed E-state index contributed by atoms with van der Waals surface area (Å²) in [6, 6.07) is 9.06. The van der Waals surface area contributed by atoms with E-state index in [1.54, 1.807) is 12.1 Å². The maximum Gasteiger partial charge on any atom is 0.399 e. The average Bonchev–Trinajstić information content (AvgIpc) is 2.48. The molecule has 2 aromatic carbocycles. The molecule has 0 aliphatic heterocycles. The van der Waals surface area contributed by atoms with Crippen LogP contribution in [0.2, 0.25) is 10.0 Å². The molecule has 25 heavy (non-hydrogen) atoms. The fourth-order valence-electron chi connectivity index (χ4n) is 1.97. The first kappa shape index (κ1) is 21.2. The second-order valence-electron chi connectivity index (χ2n) is 5.13. The average molecular weight is 492 g/mol. The summed E-state index contributed by atoms with van der Waals surface area (Å²) in [5.74, 6) is 1.12. The molecule has 2 rings (SSSR count). The first-order valence-corrected chi connectivity index (χ1v) is 11.1. The fraction of sp³-hybridized carbons (Fsp3) is 0.200. The van der Waals surface area contributed by atoms with E-state index in [4.69, 9.17) is 33.0 Å². The standard InChI is InChI=1S/C15H12BrCl2F2O3PS/c16-13-5-9(1-4-12(13)15(19,20)24(21,22)23)7-25-8-10-2-3-11(17)6-14(10)18/h1-6H,7-8H2,(H2,21,22,23). The van der Waals surface area contributed by atoms with Crippen LogP contribution in [-0.2, 0) is 21.7 Å². The summed E-state index contributed by atoms with van der Waals surface area (Å²) in [5.41, 5.74) is -3.35. The molecule has 2 N–H and O–H groups in total. The third-order valence-electron chi connectivity index (χ3n) is 3.26. The van der Waals surface area contributed by atoms with Crippen molar-refractivity contribution in [3.63, 3.8) is 0 Å². The zero-order valence-corrected chi connectivity index (χ0v) is 17.2. The molecule has 0 fully saturated rings. The molecule has 0 unspecified atom stereocenters. The molecule has 0 aromatic heterocycles. The zero-order chi connectivity index (χ0) is 18.8. The molecule has 0 aliphatic carbocycles. The second-order valence-corrected chi connectivity index (χ2v) is 9.46. The molecule has 0 aliphatic rings. The molecular weight excluding hydrogens is 480 g/mol. The Hall–Kier alpha value is -0.140. The second kappa shape index (κ2) is 8.26. The van der Waals surface area contributed by atoms with Crippen molar-refractivity contribution in [3.8, 4) is 0 Å². The number of benzene rings is 2. The van der Waals surface area contributed by atoms with Gasteiger partial charge in [-0.2, -0.15) is 20.5 Å². The summed E-state index contributed by atoms with van der Waals surface area (Å²) in [6.45, 7) is 0. The molecule has 136 valence electrons. The predicted octanol–water partition coefficient (Wildman–Crippen LogP) is 6.42. The number of hydrogen-bond acceptors (Lipinski definition) is 2. The highest BCUT2D eigenvalue weighted by molar-refractivity contribution is 9.10. The number of halogens is 5. The predicted molar refractivity (Wildman–Crippen MR) is 102 cm³/mol. The highest BCUT2D eigenvalue weighted by Crippen LogP contribution is 2.60. The van der Waals surface area contributed by atoms with Gasteiger partial charge in [0, 0.05) is 31.6 Å². The van der Waals surface area contributed by atoms with Crippen LogP contribution >= 0.6 is 58.5 Å². The van der Waals surface area contributed by atoms with Crippen LogP contribution in [0.25, 0.3) is 0 Å². The summed E-state index contributed by atoms with van der Waals surface area (Å²) in [7, 11) is -5.60. The van der Waals surface area contributed by atoms with E-state index in [1.807, 2.05) is 6.07 Å². The summed E-state index contributed by atoms with van der Waals surface area (Å²) >= 11 is 16.4. The number of rotatable bonds is 6. The maximum absolute atomic E-state index is 13.8. The summed E-state index contributed by atoms with van der Waals surface area (Å²) in [6.07, 6.45) is 0. The molecular formula is C15H12BrCl2F2O3PS. The van der Waals surface area contributed by atoms with E-state index >= 15 is 0 Å². The van der Waals surface area contributed by atoms with Gasteiger partial charge in [-0.05, 0) is 29.3 Å². The minimum Gasteiger partial charge on any atom is -0.320 e. The van der Waals surface area contributed by atoms with Gasteiger partial charge >= 0.3 is 13.3 Å². The van der Waals surface area contributed by atoms with E-state index in [0.29, 0.717) is 21.6 Å². The molecule has 0 saturated heterocycles. The third kappa shape index (κ3) is 5.19. The normalized spacial score (nSPS) is 12.4. The van der Waals surface area contributed by atoms with Crippen molar-refractivity contribution >= 4 is 58.5 Å². The van der Waals surface area contributed by atoms with Gasteiger partial charge < -0.3 is 9.79 Å². The molecule has 0 bridgehead atoms. The molecule has 0 saturated carbocycles. The van der Waals surface area contributed by atoms with E-state index in [1.165, 1.54) is 23.9 Å². The Kier molecular flexibility index (Phi) is 6.99. The molecule has 3 nitrogen and oxygen atoms in total. The van der Waals surface area contributed by atoms with Crippen molar-refractivity contribution in [3.05, 3.63) is 67.6 Å². The highest BCUT2D eigenvalue weighted by Gasteiger charge is 2.51. The number of hydrogen-bond donors (Lipinski definition) is 2. The first-order valence-electron chi connectivity index (χ1n) is 6.76. The Bertz CT molecular complexity index is 832. The minimum absolute atomic E-state index is 0.0524. The lowest BCUT2D eigenvalue weighted by Crippen LogP contribution is -2.14. The lowest BCUT2D eigenvalue weighted by Gasteiger charge is -2.19. The van der Waals surface area contributed by atoms with E-state index < -0.39 is 18.8 Å². The molecule has 0 heterocycles. The summed E-state index contributed by atoms with van der Waals surface area (Å²) in [4.78, 5) is 17.6. The van der Waals surface area contributed by atoms with Crippen molar-refractivity contribution in [1.82, 2.24) is 0 Å². The monoisotopic (exact) mass is 490 g/mol. The highest BCUT2D eigenvalue weighted by atomic mass is 79.9. The van der Waals surface area contributed by atoms with Gasteiger partial charge in [-0.3, -0.25) is 4.57 Å². The van der Waals surface area contributed by atoms with Crippen LogP contribution < -0.4 is 0 Å². The fourth-order valence-corrected chi connectivity index (χ4v) is 4.85. The van der Waals surface area contributed by atoms with Crippen LogP contribution in [0.4, 0.5) is 8.78 Å². The zero-order valence-electron chi connectivity index (χ0n) is 12.4. The molecule has 0 spiro atoms. The summed E-state index contributed by atoms with van der Waals surface area (Å²) in [5, 5.41) is 1.10.